The second kappa shape index (κ2) is 11.9. The van der Waals surface area contributed by atoms with E-state index in [0.717, 1.165) is 28.8 Å². The van der Waals surface area contributed by atoms with Crippen LogP contribution in [0.3, 0.4) is 0 Å². The average Bonchev–Trinajstić information content (AvgIpc) is 3.21. The van der Waals surface area contributed by atoms with Gasteiger partial charge in [-0.2, -0.15) is 10.4 Å². The number of nitriles is 1. The lowest BCUT2D eigenvalue weighted by Gasteiger charge is -2.18. The normalized spacial score (nSPS) is 12.2. The first-order valence-corrected chi connectivity index (χ1v) is 15.5. The Balaban J connectivity index is 0.00000380. The summed E-state index contributed by atoms with van der Waals surface area (Å²) in [4.78, 5) is 4.81. The SMILES string of the molecule is C[Si](C)(C)CCOCn1ncc2nc([C@@H](N)Cc3cc(F)cc(F)c3)c(-c3cccc(C#N)c3)cc21.Cl. The summed E-state index contributed by atoms with van der Waals surface area (Å²) in [6, 6.07) is 15.1. The number of hydrogen-bond donors (Lipinski definition) is 1. The zero-order chi connectivity index (χ0) is 25.9. The second-order valence-electron chi connectivity index (χ2n) is 10.1. The number of ether oxygens (including phenoxy) is 1. The molecule has 0 bridgehead atoms. The topological polar surface area (TPSA) is 89.8 Å². The van der Waals surface area contributed by atoms with Gasteiger partial charge in [-0.3, -0.25) is 0 Å². The molecule has 0 aliphatic rings. The van der Waals surface area contributed by atoms with E-state index in [1.165, 1.54) is 12.1 Å². The Kier molecular flexibility index (Phi) is 9.15. The maximum absolute atomic E-state index is 13.8. The fraction of sp³-hybridized carbons (Fsp3) is 0.296. The van der Waals surface area contributed by atoms with Crippen molar-refractivity contribution in [1.29, 1.82) is 5.26 Å². The summed E-state index contributed by atoms with van der Waals surface area (Å²) >= 11 is 0. The fourth-order valence-corrected chi connectivity index (χ4v) is 4.76. The number of hydrogen-bond acceptors (Lipinski definition) is 5. The summed E-state index contributed by atoms with van der Waals surface area (Å²) in [5.41, 5.74) is 11.0. The summed E-state index contributed by atoms with van der Waals surface area (Å²) in [5.74, 6) is -1.31. The molecule has 37 heavy (non-hydrogen) atoms. The van der Waals surface area contributed by atoms with E-state index in [1.54, 1.807) is 29.1 Å². The van der Waals surface area contributed by atoms with Crippen LogP contribution in [0.5, 0.6) is 0 Å². The zero-order valence-corrected chi connectivity index (χ0v) is 22.9. The van der Waals surface area contributed by atoms with Crippen LogP contribution in [0.2, 0.25) is 25.7 Å². The summed E-state index contributed by atoms with van der Waals surface area (Å²) < 4.78 is 35.2. The van der Waals surface area contributed by atoms with Gasteiger partial charge in [0.15, 0.2) is 0 Å². The smallest absolute Gasteiger partial charge is 0.140 e. The highest BCUT2D eigenvalue weighted by Crippen LogP contribution is 2.32. The molecule has 2 aromatic carbocycles. The Bertz CT molecular complexity index is 1410. The molecule has 0 spiro atoms. The van der Waals surface area contributed by atoms with Gasteiger partial charge < -0.3 is 10.5 Å². The van der Waals surface area contributed by atoms with Crippen LogP contribution < -0.4 is 5.73 Å². The summed E-state index contributed by atoms with van der Waals surface area (Å²) in [5, 5.41) is 13.9. The number of benzene rings is 2. The van der Waals surface area contributed by atoms with Crippen molar-refractivity contribution >= 4 is 31.5 Å². The lowest BCUT2D eigenvalue weighted by Crippen LogP contribution is -2.22. The van der Waals surface area contributed by atoms with Crippen LogP contribution in [0.4, 0.5) is 8.78 Å². The predicted octanol–water partition coefficient (Wildman–Crippen LogP) is 6.22. The number of pyridine rings is 1. The summed E-state index contributed by atoms with van der Waals surface area (Å²) in [7, 11) is -1.21. The van der Waals surface area contributed by atoms with Gasteiger partial charge >= 0.3 is 0 Å². The number of aromatic nitrogens is 3. The predicted molar refractivity (Wildman–Crippen MR) is 146 cm³/mol. The van der Waals surface area contributed by atoms with Gasteiger partial charge in [0.05, 0.1) is 35.1 Å². The van der Waals surface area contributed by atoms with Crippen molar-refractivity contribution < 1.29 is 13.5 Å². The van der Waals surface area contributed by atoms with Crippen molar-refractivity contribution in [2.75, 3.05) is 6.61 Å². The standard InChI is InChI=1S/C27H29F2N5OSi.ClH/c1-36(2,3)8-7-35-17-34-26-14-23(20-6-4-5-18(9-20)15-30)27(33-25(26)16-32-34)24(31)12-19-10-21(28)13-22(29)11-19;/h4-6,9-11,13-14,16,24H,7-8,12,17,31H2,1-3H3;1H/t24-;/m0./s1. The first kappa shape index (κ1) is 28.4. The average molecular weight is 542 g/mol. The van der Waals surface area contributed by atoms with Crippen LogP contribution in [-0.4, -0.2) is 29.4 Å². The molecule has 2 N–H and O–H groups in total. The zero-order valence-electron chi connectivity index (χ0n) is 21.0. The lowest BCUT2D eigenvalue weighted by molar-refractivity contribution is 0.0817. The Morgan fingerprint density at radius 1 is 1.11 bits per heavy atom. The number of nitrogens with zero attached hydrogens (tertiary/aromatic N) is 4. The van der Waals surface area contributed by atoms with E-state index in [9.17, 15) is 14.0 Å². The Morgan fingerprint density at radius 3 is 2.51 bits per heavy atom. The molecule has 6 nitrogen and oxygen atoms in total. The minimum absolute atomic E-state index is 0. The molecule has 2 aromatic heterocycles. The Morgan fingerprint density at radius 2 is 1.84 bits per heavy atom. The van der Waals surface area contributed by atoms with Crippen molar-refractivity contribution in [3.8, 4) is 17.2 Å². The number of rotatable bonds is 9. The van der Waals surface area contributed by atoms with Crippen LogP contribution in [0, 0.1) is 23.0 Å². The van der Waals surface area contributed by atoms with Crippen LogP contribution in [0.25, 0.3) is 22.2 Å². The fourth-order valence-electron chi connectivity index (χ4n) is 4.00. The molecular weight excluding hydrogens is 512 g/mol. The molecule has 4 aromatic rings. The molecule has 0 unspecified atom stereocenters. The number of halogens is 3. The van der Waals surface area contributed by atoms with Crippen LogP contribution in [0.1, 0.15) is 22.9 Å². The van der Waals surface area contributed by atoms with Gasteiger partial charge in [0, 0.05) is 26.3 Å². The maximum Gasteiger partial charge on any atom is 0.140 e. The quantitative estimate of drug-likeness (QED) is 0.200. The van der Waals surface area contributed by atoms with Gasteiger partial charge in [-0.25, -0.2) is 18.4 Å². The van der Waals surface area contributed by atoms with E-state index in [0.29, 0.717) is 35.7 Å². The lowest BCUT2D eigenvalue weighted by atomic mass is 9.95. The minimum Gasteiger partial charge on any atom is -0.360 e. The summed E-state index contributed by atoms with van der Waals surface area (Å²) in [6.07, 6.45) is 1.84. The molecule has 0 amide bonds. The Hall–Kier alpha value is -3.16. The largest absolute Gasteiger partial charge is 0.360 e. The van der Waals surface area contributed by atoms with E-state index in [2.05, 4.69) is 30.8 Å². The highest BCUT2D eigenvalue weighted by molar-refractivity contribution is 6.76. The molecule has 0 aliphatic heterocycles. The molecule has 0 fully saturated rings. The molecule has 194 valence electrons. The Labute approximate surface area is 222 Å². The van der Waals surface area contributed by atoms with E-state index < -0.39 is 25.8 Å². The molecule has 4 rings (SSSR count). The third-order valence-electron chi connectivity index (χ3n) is 5.90. The molecule has 0 saturated carbocycles. The summed E-state index contributed by atoms with van der Waals surface area (Å²) in [6.45, 7) is 7.85. The first-order valence-electron chi connectivity index (χ1n) is 11.8. The van der Waals surface area contributed by atoms with Gasteiger partial charge in [-0.15, -0.1) is 12.4 Å². The molecule has 0 saturated heterocycles. The maximum atomic E-state index is 13.8. The van der Waals surface area contributed by atoms with Gasteiger partial charge in [-0.1, -0.05) is 31.8 Å². The monoisotopic (exact) mass is 541 g/mol. The highest BCUT2D eigenvalue weighted by Gasteiger charge is 2.20. The number of fused-ring (bicyclic) bond motifs is 1. The van der Waals surface area contributed by atoms with E-state index in [1.807, 2.05) is 12.1 Å². The van der Waals surface area contributed by atoms with E-state index in [4.69, 9.17) is 15.5 Å². The third-order valence-corrected chi connectivity index (χ3v) is 7.60. The molecular formula is C27H30ClF2N5OSi. The minimum atomic E-state index is -1.21. The molecule has 0 radical (unpaired) electrons. The third kappa shape index (κ3) is 7.20. The molecule has 0 aliphatic carbocycles. The van der Waals surface area contributed by atoms with E-state index in [-0.39, 0.29) is 18.8 Å². The van der Waals surface area contributed by atoms with Crippen molar-refractivity contribution in [1.82, 2.24) is 14.8 Å². The van der Waals surface area contributed by atoms with E-state index >= 15 is 0 Å². The first-order chi connectivity index (χ1) is 17.1. The van der Waals surface area contributed by atoms with Crippen molar-refractivity contribution in [3.05, 3.63) is 83.2 Å². The van der Waals surface area contributed by atoms with Crippen LogP contribution in [-0.2, 0) is 17.9 Å². The molecule has 2 heterocycles. The number of nitrogens with two attached hydrogens (primary N) is 1. The van der Waals surface area contributed by atoms with Crippen LogP contribution in [0.15, 0.2) is 54.7 Å². The van der Waals surface area contributed by atoms with Gasteiger partial charge in [0.1, 0.15) is 23.9 Å². The van der Waals surface area contributed by atoms with Crippen molar-refractivity contribution in [2.24, 2.45) is 5.73 Å². The highest BCUT2D eigenvalue weighted by atomic mass is 35.5. The molecule has 10 heteroatoms. The second-order valence-corrected chi connectivity index (χ2v) is 15.7. The van der Waals surface area contributed by atoms with Crippen LogP contribution >= 0.6 is 12.4 Å². The van der Waals surface area contributed by atoms with Crippen molar-refractivity contribution in [3.63, 3.8) is 0 Å². The van der Waals surface area contributed by atoms with Gasteiger partial charge in [0.25, 0.3) is 0 Å². The van der Waals surface area contributed by atoms with Gasteiger partial charge in [0.2, 0.25) is 0 Å². The van der Waals surface area contributed by atoms with Gasteiger partial charge in [-0.05, 0) is 53.9 Å². The molecule has 1 atom stereocenters. The van der Waals surface area contributed by atoms with Crippen molar-refractivity contribution in [2.45, 2.75) is 44.9 Å².